The molecule has 6 heteroatoms. The largest absolute Gasteiger partial charge is 0.468 e. The predicted octanol–water partition coefficient (Wildman–Crippen LogP) is 0.265. The van der Waals surface area contributed by atoms with Crippen LogP contribution in [0.15, 0.2) is 0 Å². The Kier molecular flexibility index (Phi) is 7.46. The van der Waals surface area contributed by atoms with Crippen LogP contribution in [0.25, 0.3) is 0 Å². The third-order valence-corrected chi connectivity index (χ3v) is 2.46. The van der Waals surface area contributed by atoms with E-state index in [4.69, 9.17) is 5.26 Å². The van der Waals surface area contributed by atoms with Gasteiger partial charge in [0.25, 0.3) is 0 Å². The number of methoxy groups -OCH3 is 1. The molecule has 0 spiro atoms. The Bertz CT molecular complexity index is 263. The summed E-state index contributed by atoms with van der Waals surface area (Å²) in [6, 6.07) is 1.93. The molecule has 0 radical (unpaired) electrons. The summed E-state index contributed by atoms with van der Waals surface area (Å²) in [5, 5.41) is 8.29. The van der Waals surface area contributed by atoms with Crippen LogP contribution in [0.2, 0.25) is 0 Å². The van der Waals surface area contributed by atoms with Crippen LogP contribution in [0, 0.1) is 11.3 Å². The number of ether oxygens (including phenoxy) is 1. The smallest absolute Gasteiger partial charge is 0.325 e. The van der Waals surface area contributed by atoms with E-state index < -0.39 is 5.97 Å². The van der Waals surface area contributed by atoms with E-state index in [2.05, 4.69) is 4.74 Å². The van der Waals surface area contributed by atoms with E-state index >= 15 is 0 Å². The maximum Gasteiger partial charge on any atom is 0.325 e. The van der Waals surface area contributed by atoms with Crippen molar-refractivity contribution in [2.75, 3.05) is 31.7 Å². The van der Waals surface area contributed by atoms with Crippen LogP contribution in [0.5, 0.6) is 0 Å². The summed E-state index contributed by atoms with van der Waals surface area (Å²) < 4.78 is 4.47. The average Bonchev–Trinajstić information content (AvgIpc) is 2.25. The molecule has 0 saturated carbocycles. The van der Waals surface area contributed by atoms with Gasteiger partial charge >= 0.3 is 5.97 Å². The summed E-state index contributed by atoms with van der Waals surface area (Å²) in [5.74, 6) is -0.0847. The van der Waals surface area contributed by atoms with Crippen LogP contribution < -0.4 is 0 Å². The van der Waals surface area contributed by atoms with Crippen LogP contribution in [0.3, 0.4) is 0 Å². The normalized spacial score (nSPS) is 9.13. The van der Waals surface area contributed by atoms with Gasteiger partial charge in [0.2, 0.25) is 5.91 Å². The van der Waals surface area contributed by atoms with E-state index in [0.29, 0.717) is 6.54 Å². The lowest BCUT2D eigenvalue weighted by atomic mass is 10.4. The van der Waals surface area contributed by atoms with Crippen molar-refractivity contribution in [3.63, 3.8) is 0 Å². The van der Waals surface area contributed by atoms with E-state index in [9.17, 15) is 9.59 Å². The molecule has 15 heavy (non-hydrogen) atoms. The number of carbonyl (C=O) groups is 2. The second kappa shape index (κ2) is 8.12. The molecule has 0 fully saturated rings. The highest BCUT2D eigenvalue weighted by molar-refractivity contribution is 8.00. The lowest BCUT2D eigenvalue weighted by Gasteiger charge is -2.18. The maximum absolute atomic E-state index is 11.5. The average molecular weight is 230 g/mol. The molecule has 0 bridgehead atoms. The van der Waals surface area contributed by atoms with E-state index in [0.717, 1.165) is 0 Å². The van der Waals surface area contributed by atoms with Crippen molar-refractivity contribution in [2.24, 2.45) is 0 Å². The molecule has 0 unspecified atom stereocenters. The number of carbonyl (C=O) groups excluding carboxylic acids is 2. The Morgan fingerprint density at radius 1 is 1.53 bits per heavy atom. The van der Waals surface area contributed by atoms with Gasteiger partial charge in [0, 0.05) is 6.54 Å². The lowest BCUT2D eigenvalue weighted by Crippen LogP contribution is -2.37. The van der Waals surface area contributed by atoms with Crippen LogP contribution in [-0.2, 0) is 14.3 Å². The standard InChI is InChI=1S/C9H14N2O3S/c1-3-11(6-9(13)14-2)8(12)7-15-5-4-10/h3,5-7H2,1-2H3. The zero-order valence-corrected chi connectivity index (χ0v) is 9.67. The SMILES string of the molecule is CCN(CC(=O)OC)C(=O)CSCC#N. The van der Waals surface area contributed by atoms with Crippen molar-refractivity contribution in [1.29, 1.82) is 5.26 Å². The highest BCUT2D eigenvalue weighted by atomic mass is 32.2. The minimum absolute atomic E-state index is 0.0288. The van der Waals surface area contributed by atoms with E-state index in [1.54, 1.807) is 6.92 Å². The zero-order valence-electron chi connectivity index (χ0n) is 8.86. The Hall–Kier alpha value is -1.22. The lowest BCUT2D eigenvalue weighted by molar-refractivity contribution is -0.146. The summed E-state index contributed by atoms with van der Waals surface area (Å²) in [4.78, 5) is 23.8. The fourth-order valence-electron chi connectivity index (χ4n) is 0.872. The molecular weight excluding hydrogens is 216 g/mol. The molecule has 5 nitrogen and oxygen atoms in total. The molecule has 0 N–H and O–H groups in total. The first-order valence-corrected chi connectivity index (χ1v) is 5.60. The van der Waals surface area contributed by atoms with Crippen molar-refractivity contribution in [2.45, 2.75) is 6.92 Å². The van der Waals surface area contributed by atoms with E-state index in [1.807, 2.05) is 6.07 Å². The number of nitrogens with zero attached hydrogens (tertiary/aromatic N) is 2. The fraction of sp³-hybridized carbons (Fsp3) is 0.667. The van der Waals surface area contributed by atoms with Gasteiger partial charge in [-0.05, 0) is 6.92 Å². The summed E-state index contributed by atoms with van der Waals surface area (Å²) in [7, 11) is 1.28. The second-order valence-electron chi connectivity index (χ2n) is 2.63. The molecule has 0 atom stereocenters. The van der Waals surface area contributed by atoms with Gasteiger partial charge in [-0.15, -0.1) is 11.8 Å². The number of hydrogen-bond acceptors (Lipinski definition) is 5. The van der Waals surface area contributed by atoms with E-state index in [1.165, 1.54) is 23.8 Å². The van der Waals surface area contributed by atoms with Gasteiger partial charge in [0.1, 0.15) is 6.54 Å². The molecule has 0 aromatic heterocycles. The van der Waals surface area contributed by atoms with Crippen molar-refractivity contribution in [3.8, 4) is 6.07 Å². The van der Waals surface area contributed by atoms with Crippen LogP contribution >= 0.6 is 11.8 Å². The van der Waals surface area contributed by atoms with Gasteiger partial charge in [-0.3, -0.25) is 9.59 Å². The molecule has 0 rings (SSSR count). The monoisotopic (exact) mass is 230 g/mol. The van der Waals surface area contributed by atoms with Gasteiger partial charge in [0.15, 0.2) is 0 Å². The molecule has 0 aromatic rings. The Morgan fingerprint density at radius 3 is 2.67 bits per heavy atom. The molecule has 0 heterocycles. The van der Waals surface area contributed by atoms with Crippen LogP contribution in [0.4, 0.5) is 0 Å². The molecule has 0 aliphatic rings. The number of esters is 1. The first-order chi connectivity index (χ1) is 7.15. The predicted molar refractivity (Wildman–Crippen MR) is 57.2 cm³/mol. The van der Waals surface area contributed by atoms with Gasteiger partial charge < -0.3 is 9.64 Å². The van der Waals surface area contributed by atoms with Gasteiger partial charge in [-0.25, -0.2) is 0 Å². The van der Waals surface area contributed by atoms with Crippen molar-refractivity contribution >= 4 is 23.6 Å². The number of nitriles is 1. The Labute approximate surface area is 93.4 Å². The zero-order chi connectivity index (χ0) is 11.7. The fourth-order valence-corrected chi connectivity index (χ4v) is 1.42. The second-order valence-corrected chi connectivity index (χ2v) is 3.62. The maximum atomic E-state index is 11.5. The minimum Gasteiger partial charge on any atom is -0.468 e. The number of amides is 1. The first kappa shape index (κ1) is 13.8. The minimum atomic E-state index is -0.435. The van der Waals surface area contributed by atoms with Gasteiger partial charge in [0.05, 0.1) is 24.7 Å². The molecular formula is C9H14N2O3S. The first-order valence-electron chi connectivity index (χ1n) is 4.45. The molecule has 1 amide bonds. The summed E-state index contributed by atoms with van der Waals surface area (Å²) in [5.41, 5.74) is 0. The third kappa shape index (κ3) is 5.96. The quantitative estimate of drug-likeness (QED) is 0.483. The number of hydrogen-bond donors (Lipinski definition) is 0. The van der Waals surface area contributed by atoms with Crippen LogP contribution in [0.1, 0.15) is 6.92 Å². The number of rotatable bonds is 6. The highest BCUT2D eigenvalue weighted by Gasteiger charge is 2.15. The Morgan fingerprint density at radius 2 is 2.20 bits per heavy atom. The van der Waals surface area contributed by atoms with Gasteiger partial charge in [-0.1, -0.05) is 0 Å². The van der Waals surface area contributed by atoms with Crippen molar-refractivity contribution in [3.05, 3.63) is 0 Å². The van der Waals surface area contributed by atoms with Crippen molar-refractivity contribution < 1.29 is 14.3 Å². The summed E-state index contributed by atoms with van der Waals surface area (Å²) >= 11 is 1.24. The molecule has 0 aliphatic carbocycles. The van der Waals surface area contributed by atoms with Crippen LogP contribution in [-0.4, -0.2) is 48.5 Å². The van der Waals surface area contributed by atoms with Crippen molar-refractivity contribution in [1.82, 2.24) is 4.90 Å². The molecule has 0 saturated heterocycles. The Balaban J connectivity index is 4.00. The highest BCUT2D eigenvalue weighted by Crippen LogP contribution is 2.01. The third-order valence-electron chi connectivity index (χ3n) is 1.67. The number of likely N-dealkylation sites (N-methyl/N-ethyl adjacent to an activating group) is 1. The summed E-state index contributed by atoms with van der Waals surface area (Å²) in [6.45, 7) is 2.22. The topological polar surface area (TPSA) is 70.4 Å². The van der Waals surface area contributed by atoms with E-state index in [-0.39, 0.29) is 24.0 Å². The molecule has 84 valence electrons. The molecule has 0 aliphatic heterocycles. The summed E-state index contributed by atoms with van der Waals surface area (Å²) in [6.07, 6.45) is 0. The van der Waals surface area contributed by atoms with Gasteiger partial charge in [-0.2, -0.15) is 5.26 Å². The number of thioether (sulfide) groups is 1. The molecule has 0 aromatic carbocycles.